The Balaban J connectivity index is 3.37. The highest BCUT2D eigenvalue weighted by molar-refractivity contribution is 6.02. The van der Waals surface area contributed by atoms with E-state index in [-0.39, 0.29) is 22.7 Å². The molecule has 0 saturated carbocycles. The van der Waals surface area contributed by atoms with Crippen molar-refractivity contribution in [3.63, 3.8) is 0 Å². The molecule has 0 bridgehead atoms. The SMILES string of the molecule is CC(=O)c1cccc(O)c1C=O. The summed E-state index contributed by atoms with van der Waals surface area (Å²) < 4.78 is 0. The lowest BCUT2D eigenvalue weighted by molar-refractivity contribution is 0.100. The van der Waals surface area contributed by atoms with E-state index in [0.29, 0.717) is 6.29 Å². The van der Waals surface area contributed by atoms with E-state index in [4.69, 9.17) is 5.11 Å². The van der Waals surface area contributed by atoms with E-state index in [0.717, 1.165) is 0 Å². The summed E-state index contributed by atoms with van der Waals surface area (Å²) >= 11 is 0. The first-order valence-corrected chi connectivity index (χ1v) is 3.45. The zero-order valence-corrected chi connectivity index (χ0v) is 6.57. The molecule has 0 unspecified atom stereocenters. The third-order valence-electron chi connectivity index (χ3n) is 1.58. The number of aromatic hydroxyl groups is 1. The van der Waals surface area contributed by atoms with Gasteiger partial charge in [0.05, 0.1) is 5.56 Å². The maximum Gasteiger partial charge on any atom is 0.160 e. The molecule has 0 aliphatic heterocycles. The molecule has 1 aromatic carbocycles. The Bertz CT molecular complexity index is 329. The van der Waals surface area contributed by atoms with Crippen LogP contribution in [0.15, 0.2) is 18.2 Å². The average Bonchev–Trinajstić information content (AvgIpc) is 2.03. The van der Waals surface area contributed by atoms with Crippen LogP contribution in [-0.4, -0.2) is 17.2 Å². The zero-order chi connectivity index (χ0) is 9.14. The second kappa shape index (κ2) is 3.17. The van der Waals surface area contributed by atoms with Crippen LogP contribution >= 0.6 is 0 Å². The fraction of sp³-hybridized carbons (Fsp3) is 0.111. The number of aldehydes is 1. The number of carbonyl (C=O) groups is 2. The van der Waals surface area contributed by atoms with Crippen molar-refractivity contribution in [2.24, 2.45) is 0 Å². The highest BCUT2D eigenvalue weighted by Gasteiger charge is 2.09. The van der Waals surface area contributed by atoms with Crippen molar-refractivity contribution >= 4 is 12.1 Å². The van der Waals surface area contributed by atoms with Crippen LogP contribution < -0.4 is 0 Å². The van der Waals surface area contributed by atoms with Gasteiger partial charge in [-0.25, -0.2) is 0 Å². The average molecular weight is 164 g/mol. The van der Waals surface area contributed by atoms with Gasteiger partial charge >= 0.3 is 0 Å². The molecule has 3 heteroatoms. The first-order chi connectivity index (χ1) is 5.66. The predicted octanol–water partition coefficient (Wildman–Crippen LogP) is 1.41. The number of ketones is 1. The lowest BCUT2D eigenvalue weighted by Gasteiger charge is -2.01. The van der Waals surface area contributed by atoms with Crippen molar-refractivity contribution in [3.05, 3.63) is 29.3 Å². The van der Waals surface area contributed by atoms with Crippen LogP contribution in [0.2, 0.25) is 0 Å². The summed E-state index contributed by atoms with van der Waals surface area (Å²) in [7, 11) is 0. The van der Waals surface area contributed by atoms with Crippen LogP contribution in [0.1, 0.15) is 27.6 Å². The van der Waals surface area contributed by atoms with Gasteiger partial charge in [0, 0.05) is 5.56 Å². The van der Waals surface area contributed by atoms with Crippen LogP contribution in [0.5, 0.6) is 5.75 Å². The highest BCUT2D eigenvalue weighted by atomic mass is 16.3. The molecule has 1 aromatic rings. The van der Waals surface area contributed by atoms with Crippen molar-refractivity contribution in [2.45, 2.75) is 6.92 Å². The van der Waals surface area contributed by atoms with Crippen molar-refractivity contribution in [1.29, 1.82) is 0 Å². The Hall–Kier alpha value is -1.64. The Kier molecular flexibility index (Phi) is 2.24. The lowest BCUT2D eigenvalue weighted by Crippen LogP contribution is -1.98. The molecule has 1 rings (SSSR count). The van der Waals surface area contributed by atoms with Gasteiger partial charge in [0.2, 0.25) is 0 Å². The van der Waals surface area contributed by atoms with Gasteiger partial charge in [0.1, 0.15) is 5.75 Å². The summed E-state index contributed by atoms with van der Waals surface area (Å²) in [5.41, 5.74) is 0.315. The quantitative estimate of drug-likeness (QED) is 0.531. The minimum absolute atomic E-state index is 0.0602. The fourth-order valence-electron chi connectivity index (χ4n) is 0.984. The monoisotopic (exact) mass is 164 g/mol. The topological polar surface area (TPSA) is 54.4 Å². The molecule has 0 saturated heterocycles. The first kappa shape index (κ1) is 8.46. The first-order valence-electron chi connectivity index (χ1n) is 3.45. The number of rotatable bonds is 2. The fourth-order valence-corrected chi connectivity index (χ4v) is 0.984. The maximum atomic E-state index is 10.9. The molecule has 0 radical (unpaired) electrons. The van der Waals surface area contributed by atoms with Crippen LogP contribution in [0.3, 0.4) is 0 Å². The molecule has 12 heavy (non-hydrogen) atoms. The number of Topliss-reactive ketones (excluding diaryl/α,β-unsaturated/α-hetero) is 1. The van der Waals surface area contributed by atoms with E-state index >= 15 is 0 Å². The highest BCUT2D eigenvalue weighted by Crippen LogP contribution is 2.18. The van der Waals surface area contributed by atoms with Gasteiger partial charge < -0.3 is 5.11 Å². The molecule has 0 aromatic heterocycles. The summed E-state index contributed by atoms with van der Waals surface area (Å²) in [6, 6.07) is 4.40. The molecule has 0 aliphatic rings. The maximum absolute atomic E-state index is 10.9. The van der Waals surface area contributed by atoms with E-state index < -0.39 is 0 Å². The Morgan fingerprint density at radius 3 is 2.58 bits per heavy atom. The van der Waals surface area contributed by atoms with E-state index in [1.165, 1.54) is 25.1 Å². The van der Waals surface area contributed by atoms with Gasteiger partial charge in [0.15, 0.2) is 12.1 Å². The summed E-state index contributed by atoms with van der Waals surface area (Å²) in [6.45, 7) is 1.35. The van der Waals surface area contributed by atoms with Gasteiger partial charge in [-0.05, 0) is 13.0 Å². The van der Waals surface area contributed by atoms with Crippen LogP contribution in [-0.2, 0) is 0 Å². The molecule has 0 atom stereocenters. The number of phenolic OH excluding ortho intramolecular Hbond substituents is 1. The van der Waals surface area contributed by atoms with Gasteiger partial charge in [0.25, 0.3) is 0 Å². The van der Waals surface area contributed by atoms with Gasteiger partial charge in [-0.1, -0.05) is 12.1 Å². The molecule has 0 heterocycles. The lowest BCUT2D eigenvalue weighted by atomic mass is 10.0. The number of carbonyl (C=O) groups excluding carboxylic acids is 2. The second-order valence-corrected chi connectivity index (χ2v) is 2.41. The minimum Gasteiger partial charge on any atom is -0.507 e. The van der Waals surface area contributed by atoms with Gasteiger partial charge in [-0.15, -0.1) is 0 Å². The number of benzene rings is 1. The summed E-state index contributed by atoms with van der Waals surface area (Å²) in [5.74, 6) is -0.384. The van der Waals surface area contributed by atoms with E-state index in [2.05, 4.69) is 0 Å². The molecular weight excluding hydrogens is 156 g/mol. The summed E-state index contributed by atoms with van der Waals surface area (Å²) in [6.07, 6.45) is 0.478. The zero-order valence-electron chi connectivity index (χ0n) is 6.57. The molecular formula is C9H8O3. The Morgan fingerprint density at radius 1 is 1.50 bits per heavy atom. The van der Waals surface area contributed by atoms with Crippen molar-refractivity contribution in [2.75, 3.05) is 0 Å². The van der Waals surface area contributed by atoms with Gasteiger partial charge in [-0.2, -0.15) is 0 Å². The molecule has 3 nitrogen and oxygen atoms in total. The summed E-state index contributed by atoms with van der Waals surface area (Å²) in [5, 5.41) is 9.16. The third-order valence-corrected chi connectivity index (χ3v) is 1.58. The number of hydrogen-bond donors (Lipinski definition) is 1. The van der Waals surface area contributed by atoms with Crippen molar-refractivity contribution in [1.82, 2.24) is 0 Å². The van der Waals surface area contributed by atoms with E-state index in [1.807, 2.05) is 0 Å². The Labute approximate surface area is 69.6 Å². The van der Waals surface area contributed by atoms with Gasteiger partial charge in [-0.3, -0.25) is 9.59 Å². The van der Waals surface area contributed by atoms with Crippen molar-refractivity contribution in [3.8, 4) is 5.75 Å². The molecule has 1 N–H and O–H groups in total. The molecule has 0 spiro atoms. The second-order valence-electron chi connectivity index (χ2n) is 2.41. The van der Waals surface area contributed by atoms with Crippen molar-refractivity contribution < 1.29 is 14.7 Å². The van der Waals surface area contributed by atoms with Crippen LogP contribution in [0.4, 0.5) is 0 Å². The summed E-state index contributed by atoms with van der Waals surface area (Å²) in [4.78, 5) is 21.3. The van der Waals surface area contributed by atoms with Crippen LogP contribution in [0.25, 0.3) is 0 Å². The smallest absolute Gasteiger partial charge is 0.160 e. The molecule has 0 aliphatic carbocycles. The third kappa shape index (κ3) is 1.34. The largest absolute Gasteiger partial charge is 0.507 e. The minimum atomic E-state index is -0.229. The number of phenols is 1. The normalized spacial score (nSPS) is 9.42. The molecule has 62 valence electrons. The van der Waals surface area contributed by atoms with E-state index in [9.17, 15) is 9.59 Å². The van der Waals surface area contributed by atoms with Crippen LogP contribution in [0, 0.1) is 0 Å². The number of hydrogen-bond acceptors (Lipinski definition) is 3. The standard InChI is InChI=1S/C9H8O3/c1-6(11)7-3-2-4-9(12)8(7)5-10/h2-5,12H,1H3. The van der Waals surface area contributed by atoms with E-state index in [1.54, 1.807) is 0 Å². The molecule has 0 amide bonds. The molecule has 0 fully saturated rings. The Morgan fingerprint density at radius 2 is 2.17 bits per heavy atom. The predicted molar refractivity (Wildman–Crippen MR) is 43.5 cm³/mol.